The number of carbonyl (C=O) groups excluding carboxylic acids is 2. The van der Waals surface area contributed by atoms with Gasteiger partial charge >= 0.3 is 0 Å². The van der Waals surface area contributed by atoms with Gasteiger partial charge in [-0.15, -0.1) is 0 Å². The highest BCUT2D eigenvalue weighted by Gasteiger charge is 2.30. The van der Waals surface area contributed by atoms with Crippen molar-refractivity contribution in [3.63, 3.8) is 0 Å². The summed E-state index contributed by atoms with van der Waals surface area (Å²) in [5.74, 6) is 0.346. The van der Waals surface area contributed by atoms with E-state index in [1.54, 1.807) is 4.90 Å². The SMILES string of the molecule is O=C1CCCN1CC(=O)N1CCOC(CC(c2ccccc2)c2ccccc2)C1. The molecule has 2 heterocycles. The molecule has 2 fully saturated rings. The summed E-state index contributed by atoms with van der Waals surface area (Å²) in [7, 11) is 0. The van der Waals surface area contributed by atoms with E-state index in [-0.39, 0.29) is 30.4 Å². The molecule has 5 nitrogen and oxygen atoms in total. The molecular formula is C24H28N2O3. The summed E-state index contributed by atoms with van der Waals surface area (Å²) in [6, 6.07) is 20.9. The zero-order valence-electron chi connectivity index (χ0n) is 16.7. The van der Waals surface area contributed by atoms with Crippen molar-refractivity contribution in [2.24, 2.45) is 0 Å². The van der Waals surface area contributed by atoms with Gasteiger partial charge in [-0.2, -0.15) is 0 Å². The number of hydrogen-bond acceptors (Lipinski definition) is 3. The average Bonchev–Trinajstić information content (AvgIpc) is 3.18. The molecule has 0 aliphatic carbocycles. The first-order valence-electron chi connectivity index (χ1n) is 10.5. The molecule has 29 heavy (non-hydrogen) atoms. The summed E-state index contributed by atoms with van der Waals surface area (Å²) >= 11 is 0. The number of benzene rings is 2. The van der Waals surface area contributed by atoms with Crippen LogP contribution >= 0.6 is 0 Å². The van der Waals surface area contributed by atoms with Gasteiger partial charge in [0.1, 0.15) is 0 Å². The van der Waals surface area contributed by atoms with Crippen LogP contribution < -0.4 is 0 Å². The molecule has 2 amide bonds. The lowest BCUT2D eigenvalue weighted by Crippen LogP contribution is -2.49. The summed E-state index contributed by atoms with van der Waals surface area (Å²) in [5, 5.41) is 0. The number of morpholine rings is 1. The number of amides is 2. The third kappa shape index (κ3) is 4.85. The maximum Gasteiger partial charge on any atom is 0.242 e. The van der Waals surface area contributed by atoms with Crippen LogP contribution in [0, 0.1) is 0 Å². The van der Waals surface area contributed by atoms with Gasteiger partial charge in [0.2, 0.25) is 11.8 Å². The quantitative estimate of drug-likeness (QED) is 0.759. The van der Waals surface area contributed by atoms with Crippen molar-refractivity contribution in [3.8, 4) is 0 Å². The topological polar surface area (TPSA) is 49.9 Å². The Labute approximate surface area is 172 Å². The van der Waals surface area contributed by atoms with Crippen LogP contribution in [-0.2, 0) is 14.3 Å². The Morgan fingerprint density at radius 1 is 1.00 bits per heavy atom. The maximum absolute atomic E-state index is 12.7. The summed E-state index contributed by atoms with van der Waals surface area (Å²) in [5.41, 5.74) is 2.52. The van der Waals surface area contributed by atoms with Crippen molar-refractivity contribution in [3.05, 3.63) is 71.8 Å². The minimum atomic E-state index is -0.0209. The van der Waals surface area contributed by atoms with Gasteiger partial charge in [0.25, 0.3) is 0 Å². The van der Waals surface area contributed by atoms with Crippen molar-refractivity contribution in [2.45, 2.75) is 31.3 Å². The van der Waals surface area contributed by atoms with Gasteiger partial charge in [-0.3, -0.25) is 9.59 Å². The molecule has 0 radical (unpaired) electrons. The Hall–Kier alpha value is -2.66. The molecule has 0 N–H and O–H groups in total. The molecule has 4 rings (SSSR count). The van der Waals surface area contributed by atoms with E-state index in [0.717, 1.165) is 12.8 Å². The summed E-state index contributed by atoms with van der Waals surface area (Å²) in [6.45, 7) is 2.62. The number of ether oxygens (including phenoxy) is 1. The Morgan fingerprint density at radius 2 is 1.66 bits per heavy atom. The Bertz CT molecular complexity index is 785. The van der Waals surface area contributed by atoms with E-state index in [9.17, 15) is 9.59 Å². The average molecular weight is 392 g/mol. The molecule has 0 saturated carbocycles. The van der Waals surface area contributed by atoms with Crippen molar-refractivity contribution < 1.29 is 14.3 Å². The number of likely N-dealkylation sites (tertiary alicyclic amines) is 1. The highest BCUT2D eigenvalue weighted by molar-refractivity contribution is 5.85. The molecule has 0 bridgehead atoms. The summed E-state index contributed by atoms with van der Waals surface area (Å²) < 4.78 is 6.05. The lowest BCUT2D eigenvalue weighted by atomic mass is 9.86. The van der Waals surface area contributed by atoms with E-state index in [1.165, 1.54) is 11.1 Å². The number of rotatable bonds is 6. The van der Waals surface area contributed by atoms with Crippen LogP contribution in [0.5, 0.6) is 0 Å². The summed E-state index contributed by atoms with van der Waals surface area (Å²) in [4.78, 5) is 28.1. The largest absolute Gasteiger partial charge is 0.375 e. The predicted molar refractivity (Wildman–Crippen MR) is 111 cm³/mol. The minimum Gasteiger partial charge on any atom is -0.375 e. The second kappa shape index (κ2) is 9.23. The Balaban J connectivity index is 1.44. The van der Waals surface area contributed by atoms with Crippen LogP contribution in [0.1, 0.15) is 36.3 Å². The zero-order chi connectivity index (χ0) is 20.1. The highest BCUT2D eigenvalue weighted by atomic mass is 16.5. The first kappa shape index (κ1) is 19.6. The monoisotopic (exact) mass is 392 g/mol. The molecular weight excluding hydrogens is 364 g/mol. The van der Waals surface area contributed by atoms with E-state index in [0.29, 0.717) is 32.7 Å². The third-order valence-electron chi connectivity index (χ3n) is 5.89. The fourth-order valence-electron chi connectivity index (χ4n) is 4.32. The van der Waals surface area contributed by atoms with Crippen molar-refractivity contribution >= 4 is 11.8 Å². The van der Waals surface area contributed by atoms with Crippen molar-refractivity contribution in [2.75, 3.05) is 32.8 Å². The van der Waals surface area contributed by atoms with Gasteiger partial charge in [-0.1, -0.05) is 60.7 Å². The number of carbonyl (C=O) groups is 2. The van der Waals surface area contributed by atoms with Crippen LogP contribution in [-0.4, -0.2) is 60.5 Å². The van der Waals surface area contributed by atoms with E-state index in [2.05, 4.69) is 48.5 Å². The molecule has 1 atom stereocenters. The van der Waals surface area contributed by atoms with Gasteiger partial charge in [0, 0.05) is 32.0 Å². The van der Waals surface area contributed by atoms with Gasteiger partial charge in [-0.25, -0.2) is 0 Å². The highest BCUT2D eigenvalue weighted by Crippen LogP contribution is 2.31. The van der Waals surface area contributed by atoms with E-state index in [4.69, 9.17) is 4.74 Å². The zero-order valence-corrected chi connectivity index (χ0v) is 16.7. The molecule has 2 aromatic carbocycles. The first-order valence-corrected chi connectivity index (χ1v) is 10.5. The Kier molecular flexibility index (Phi) is 6.25. The van der Waals surface area contributed by atoms with E-state index >= 15 is 0 Å². The minimum absolute atomic E-state index is 0.0209. The van der Waals surface area contributed by atoms with Crippen LogP contribution in [0.4, 0.5) is 0 Å². The van der Waals surface area contributed by atoms with Crippen LogP contribution in [0.25, 0.3) is 0 Å². The fraction of sp³-hybridized carbons (Fsp3) is 0.417. The molecule has 2 aromatic rings. The molecule has 2 aliphatic heterocycles. The normalized spacial score (nSPS) is 19.8. The molecule has 2 saturated heterocycles. The van der Waals surface area contributed by atoms with Crippen LogP contribution in [0.15, 0.2) is 60.7 Å². The van der Waals surface area contributed by atoms with Gasteiger partial charge < -0.3 is 14.5 Å². The Morgan fingerprint density at radius 3 is 2.24 bits per heavy atom. The van der Waals surface area contributed by atoms with Crippen LogP contribution in [0.2, 0.25) is 0 Å². The lowest BCUT2D eigenvalue weighted by Gasteiger charge is -2.35. The molecule has 0 aromatic heterocycles. The molecule has 5 heteroatoms. The first-order chi connectivity index (χ1) is 14.2. The van der Waals surface area contributed by atoms with E-state index < -0.39 is 0 Å². The molecule has 1 unspecified atom stereocenters. The third-order valence-corrected chi connectivity index (χ3v) is 5.89. The van der Waals surface area contributed by atoms with Gasteiger partial charge in [-0.05, 0) is 24.0 Å². The number of nitrogens with zero attached hydrogens (tertiary/aromatic N) is 2. The van der Waals surface area contributed by atoms with Crippen molar-refractivity contribution in [1.82, 2.24) is 9.80 Å². The smallest absolute Gasteiger partial charge is 0.242 e. The maximum atomic E-state index is 12.7. The second-order valence-electron chi connectivity index (χ2n) is 7.86. The second-order valence-corrected chi connectivity index (χ2v) is 7.86. The molecule has 0 spiro atoms. The van der Waals surface area contributed by atoms with E-state index in [1.807, 2.05) is 17.0 Å². The van der Waals surface area contributed by atoms with Crippen molar-refractivity contribution in [1.29, 1.82) is 0 Å². The predicted octanol–water partition coefficient (Wildman–Crippen LogP) is 3.06. The van der Waals surface area contributed by atoms with Gasteiger partial charge in [0.15, 0.2) is 0 Å². The van der Waals surface area contributed by atoms with Crippen LogP contribution in [0.3, 0.4) is 0 Å². The summed E-state index contributed by atoms with van der Waals surface area (Å²) in [6.07, 6.45) is 2.22. The standard InChI is InChI=1S/C24H28N2O3/c27-23-12-7-13-25(23)18-24(28)26-14-15-29-21(17-26)16-22(19-8-3-1-4-9-19)20-10-5-2-6-11-20/h1-6,8-11,21-22H,7,12-18H2. The number of hydrogen-bond donors (Lipinski definition) is 0. The molecule has 152 valence electrons. The lowest BCUT2D eigenvalue weighted by molar-refractivity contribution is -0.143. The van der Waals surface area contributed by atoms with Gasteiger partial charge in [0.05, 0.1) is 19.3 Å². The molecule has 2 aliphatic rings. The fourth-order valence-corrected chi connectivity index (χ4v) is 4.32.